The van der Waals surface area contributed by atoms with E-state index in [2.05, 4.69) is 24.3 Å². The maximum absolute atomic E-state index is 11.6. The maximum atomic E-state index is 11.6. The molecule has 4 aromatic rings. The third-order valence-corrected chi connectivity index (χ3v) is 7.44. The summed E-state index contributed by atoms with van der Waals surface area (Å²) >= 11 is 0. The minimum absolute atomic E-state index is 0.0478. The van der Waals surface area contributed by atoms with Crippen molar-refractivity contribution in [1.82, 2.24) is 0 Å². The van der Waals surface area contributed by atoms with Crippen molar-refractivity contribution < 1.29 is 48.3 Å². The van der Waals surface area contributed by atoms with E-state index >= 15 is 0 Å². The van der Waals surface area contributed by atoms with E-state index < -0.39 is 29.3 Å². The number of benzene rings is 4. The first-order valence-corrected chi connectivity index (χ1v) is 14.6. The highest BCUT2D eigenvalue weighted by atomic mass is 16.6. The van der Waals surface area contributed by atoms with E-state index in [1.807, 2.05) is 72.8 Å². The number of fused-ring (bicyclic) bond motifs is 3. The van der Waals surface area contributed by atoms with Gasteiger partial charge in [-0.25, -0.2) is 19.2 Å². The highest BCUT2D eigenvalue weighted by Crippen LogP contribution is 2.56. The zero-order valence-electron chi connectivity index (χ0n) is 25.0. The van der Waals surface area contributed by atoms with E-state index in [-0.39, 0.29) is 26.4 Å². The Morgan fingerprint density at radius 2 is 0.894 bits per heavy atom. The monoisotopic (exact) mass is 634 g/mol. The van der Waals surface area contributed by atoms with E-state index in [1.54, 1.807) is 0 Å². The van der Waals surface area contributed by atoms with Gasteiger partial charge in [0.25, 0.3) is 0 Å². The molecular formula is C37H30O10. The molecule has 0 amide bonds. The lowest BCUT2D eigenvalue weighted by molar-refractivity contribution is -0.139. The molecule has 0 atom stereocenters. The number of esters is 2. The SMILES string of the molecule is O=C(O)C=CC(=O)OCCOc1ccc(C2(c3ccc(OCCOC(=O)C=CC(=O)O)cc3)c3ccccc3-c3ccccc32)cc1. The van der Waals surface area contributed by atoms with E-state index in [9.17, 15) is 19.2 Å². The number of carboxylic acids is 2. The molecule has 0 fully saturated rings. The van der Waals surface area contributed by atoms with E-state index in [0.29, 0.717) is 23.7 Å². The summed E-state index contributed by atoms with van der Waals surface area (Å²) in [4.78, 5) is 44.3. The fraction of sp³-hybridized carbons (Fsp3) is 0.135. The van der Waals surface area contributed by atoms with Gasteiger partial charge in [-0.2, -0.15) is 0 Å². The van der Waals surface area contributed by atoms with Gasteiger partial charge in [-0.3, -0.25) is 0 Å². The van der Waals surface area contributed by atoms with Gasteiger partial charge < -0.3 is 29.2 Å². The first kappa shape index (κ1) is 32.2. The van der Waals surface area contributed by atoms with Crippen LogP contribution in [0.4, 0.5) is 0 Å². The minimum atomic E-state index is -1.24. The van der Waals surface area contributed by atoms with Crippen LogP contribution >= 0.6 is 0 Å². The molecule has 1 aliphatic rings. The van der Waals surface area contributed by atoms with Gasteiger partial charge in [-0.05, 0) is 57.6 Å². The van der Waals surface area contributed by atoms with Crippen LogP contribution in [0, 0.1) is 0 Å². The zero-order chi connectivity index (χ0) is 33.2. The molecule has 0 radical (unpaired) electrons. The molecule has 10 nitrogen and oxygen atoms in total. The summed E-state index contributed by atoms with van der Waals surface area (Å²) in [7, 11) is 0. The van der Waals surface area contributed by atoms with Gasteiger partial charge in [0.15, 0.2) is 0 Å². The molecule has 0 aliphatic heterocycles. The number of carbonyl (C=O) groups excluding carboxylic acids is 2. The number of hydrogen-bond acceptors (Lipinski definition) is 8. The Morgan fingerprint density at radius 3 is 1.28 bits per heavy atom. The Labute approximate surface area is 270 Å². The van der Waals surface area contributed by atoms with Crippen molar-refractivity contribution in [2.24, 2.45) is 0 Å². The fourth-order valence-electron chi connectivity index (χ4n) is 5.60. The summed E-state index contributed by atoms with van der Waals surface area (Å²) in [5, 5.41) is 17.2. The van der Waals surface area contributed by atoms with Gasteiger partial charge in [0.2, 0.25) is 0 Å². The molecule has 238 valence electrons. The van der Waals surface area contributed by atoms with Gasteiger partial charge in [0, 0.05) is 24.3 Å². The molecule has 0 heterocycles. The van der Waals surface area contributed by atoms with Crippen LogP contribution in [-0.4, -0.2) is 60.5 Å². The van der Waals surface area contributed by atoms with Gasteiger partial charge in [0.05, 0.1) is 5.41 Å². The largest absolute Gasteiger partial charge is 0.490 e. The number of aliphatic carboxylic acids is 2. The van der Waals surface area contributed by atoms with Gasteiger partial charge in [-0.15, -0.1) is 0 Å². The molecule has 1 aliphatic carbocycles. The lowest BCUT2D eigenvalue weighted by Crippen LogP contribution is -2.28. The van der Waals surface area contributed by atoms with Crippen molar-refractivity contribution in [2.45, 2.75) is 5.41 Å². The molecule has 10 heteroatoms. The Balaban J connectivity index is 1.37. The number of carbonyl (C=O) groups is 4. The van der Waals surface area contributed by atoms with Gasteiger partial charge in [0.1, 0.15) is 37.9 Å². The van der Waals surface area contributed by atoms with E-state index in [4.69, 9.17) is 29.2 Å². The molecule has 0 saturated carbocycles. The highest BCUT2D eigenvalue weighted by Gasteiger charge is 2.45. The highest BCUT2D eigenvalue weighted by molar-refractivity contribution is 5.91. The molecule has 0 bridgehead atoms. The quantitative estimate of drug-likeness (QED) is 0.0953. The first-order chi connectivity index (χ1) is 22.8. The van der Waals surface area contributed by atoms with Crippen LogP contribution in [0.1, 0.15) is 22.3 Å². The molecule has 5 rings (SSSR count). The zero-order valence-corrected chi connectivity index (χ0v) is 25.0. The van der Waals surface area contributed by atoms with Crippen molar-refractivity contribution in [3.8, 4) is 22.6 Å². The van der Waals surface area contributed by atoms with Crippen LogP contribution in [0.15, 0.2) is 121 Å². The van der Waals surface area contributed by atoms with Gasteiger partial charge in [-0.1, -0.05) is 72.8 Å². The fourth-order valence-corrected chi connectivity index (χ4v) is 5.60. The topological polar surface area (TPSA) is 146 Å². The average Bonchev–Trinajstić information content (AvgIpc) is 3.38. The van der Waals surface area contributed by atoms with Crippen LogP contribution in [0.25, 0.3) is 11.1 Å². The third-order valence-electron chi connectivity index (χ3n) is 7.44. The van der Waals surface area contributed by atoms with Crippen molar-refractivity contribution in [1.29, 1.82) is 0 Å². The molecule has 4 aromatic carbocycles. The lowest BCUT2D eigenvalue weighted by Gasteiger charge is -2.34. The molecule has 0 spiro atoms. The van der Waals surface area contributed by atoms with Crippen LogP contribution in [0.3, 0.4) is 0 Å². The molecule has 0 unspecified atom stereocenters. The van der Waals surface area contributed by atoms with Crippen LogP contribution in [0.5, 0.6) is 11.5 Å². The maximum Gasteiger partial charge on any atom is 0.331 e. The van der Waals surface area contributed by atoms with Gasteiger partial charge >= 0.3 is 23.9 Å². The second-order valence-corrected chi connectivity index (χ2v) is 10.3. The van der Waals surface area contributed by atoms with Crippen molar-refractivity contribution in [2.75, 3.05) is 26.4 Å². The van der Waals surface area contributed by atoms with Crippen LogP contribution < -0.4 is 9.47 Å². The Bertz CT molecular complexity index is 1690. The van der Waals surface area contributed by atoms with Crippen LogP contribution in [-0.2, 0) is 34.1 Å². The molecular weight excluding hydrogens is 604 g/mol. The number of carboxylic acid groups (broad SMARTS) is 2. The second-order valence-electron chi connectivity index (χ2n) is 10.3. The minimum Gasteiger partial charge on any atom is -0.490 e. The molecule has 2 N–H and O–H groups in total. The smallest absolute Gasteiger partial charge is 0.331 e. The number of hydrogen-bond donors (Lipinski definition) is 2. The molecule has 47 heavy (non-hydrogen) atoms. The first-order valence-electron chi connectivity index (χ1n) is 14.6. The molecule has 0 saturated heterocycles. The number of ether oxygens (including phenoxy) is 4. The second kappa shape index (κ2) is 14.7. The normalized spacial score (nSPS) is 12.7. The van der Waals surface area contributed by atoms with Crippen molar-refractivity contribution in [3.63, 3.8) is 0 Å². The van der Waals surface area contributed by atoms with Crippen molar-refractivity contribution >= 4 is 23.9 Å². The van der Waals surface area contributed by atoms with E-state index in [1.165, 1.54) is 0 Å². The summed E-state index contributed by atoms with van der Waals surface area (Å²) in [6.45, 7) is 0.0761. The Morgan fingerprint density at radius 1 is 0.511 bits per heavy atom. The standard InChI is InChI=1S/C37H30O10/c38-33(39)17-19-35(42)46-23-21-44-27-13-9-25(10-14-27)37(31-7-3-1-5-29(31)30-6-2-4-8-32(30)37)26-11-15-28(16-12-26)45-22-24-47-36(43)20-18-34(40)41/h1-20H,21-24H2,(H,38,39)(H,40,41). The predicted molar refractivity (Wildman–Crippen MR) is 170 cm³/mol. The Hall–Kier alpha value is -6.16. The predicted octanol–water partition coefficient (Wildman–Crippen LogP) is 5.18. The van der Waals surface area contributed by atoms with Crippen molar-refractivity contribution in [3.05, 3.63) is 144 Å². The van der Waals surface area contributed by atoms with Crippen LogP contribution in [0.2, 0.25) is 0 Å². The Kier molecular flexibility index (Phi) is 10.1. The summed E-state index contributed by atoms with van der Waals surface area (Å²) in [5.41, 5.74) is 5.83. The summed E-state index contributed by atoms with van der Waals surface area (Å²) < 4.78 is 21.5. The summed E-state index contributed by atoms with van der Waals surface area (Å²) in [5.74, 6) is -2.86. The summed E-state index contributed by atoms with van der Waals surface area (Å²) in [6, 6.07) is 32.0. The summed E-state index contributed by atoms with van der Waals surface area (Å²) in [6.07, 6.45) is 3.11. The average molecular weight is 635 g/mol. The molecule has 0 aromatic heterocycles. The third kappa shape index (κ3) is 7.39. The number of rotatable bonds is 14. The van der Waals surface area contributed by atoms with E-state index in [0.717, 1.165) is 45.5 Å². The lowest BCUT2D eigenvalue weighted by atomic mass is 9.68.